The third kappa shape index (κ3) is 0.779. The molecular formula is C7H12O3. The highest BCUT2D eigenvalue weighted by Crippen LogP contribution is 2.39. The van der Waals surface area contributed by atoms with Gasteiger partial charge in [-0.25, -0.2) is 0 Å². The summed E-state index contributed by atoms with van der Waals surface area (Å²) in [6.07, 6.45) is -0.166. The van der Waals surface area contributed by atoms with E-state index in [0.29, 0.717) is 0 Å². The van der Waals surface area contributed by atoms with E-state index in [-0.39, 0.29) is 18.1 Å². The molecule has 5 atom stereocenters. The van der Waals surface area contributed by atoms with Crippen LogP contribution in [-0.4, -0.2) is 34.6 Å². The summed E-state index contributed by atoms with van der Waals surface area (Å²) in [5.74, 6) is 0.179. The molecule has 0 aromatic carbocycles. The lowest BCUT2D eigenvalue weighted by Gasteiger charge is -2.25. The number of hydrogen-bond acceptors (Lipinski definition) is 3. The zero-order valence-electron chi connectivity index (χ0n) is 5.90. The fourth-order valence-corrected chi connectivity index (χ4v) is 1.68. The second kappa shape index (κ2) is 1.94. The minimum Gasteiger partial charge on any atom is -0.390 e. The van der Waals surface area contributed by atoms with E-state index >= 15 is 0 Å². The summed E-state index contributed by atoms with van der Waals surface area (Å²) in [7, 11) is 0. The van der Waals surface area contributed by atoms with Gasteiger partial charge in [0.15, 0.2) is 0 Å². The van der Waals surface area contributed by atoms with Gasteiger partial charge in [0.1, 0.15) is 12.2 Å². The van der Waals surface area contributed by atoms with Crippen LogP contribution in [0, 0.1) is 5.92 Å². The molecule has 2 N–H and O–H groups in total. The molecule has 0 spiro atoms. The van der Waals surface area contributed by atoms with Crippen molar-refractivity contribution in [2.75, 3.05) is 0 Å². The maximum Gasteiger partial charge on any atom is 0.113 e. The highest BCUT2D eigenvalue weighted by Gasteiger charge is 2.53. The van der Waals surface area contributed by atoms with Crippen molar-refractivity contribution in [2.45, 2.75) is 37.8 Å². The molecule has 10 heavy (non-hydrogen) atoms. The van der Waals surface area contributed by atoms with Crippen LogP contribution in [0.15, 0.2) is 0 Å². The van der Waals surface area contributed by atoms with Crippen LogP contribution in [0.2, 0.25) is 0 Å². The second-order valence-electron chi connectivity index (χ2n) is 3.33. The monoisotopic (exact) mass is 144 g/mol. The summed E-state index contributed by atoms with van der Waals surface area (Å²) in [6, 6.07) is 0. The Kier molecular flexibility index (Phi) is 1.27. The minimum atomic E-state index is -0.645. The first-order valence-corrected chi connectivity index (χ1v) is 3.71. The third-order valence-corrected chi connectivity index (χ3v) is 2.50. The lowest BCUT2D eigenvalue weighted by molar-refractivity contribution is -0.0325. The van der Waals surface area contributed by atoms with E-state index in [0.717, 1.165) is 6.42 Å². The number of aliphatic hydroxyl groups excluding tert-OH is 2. The number of aliphatic hydroxyl groups is 2. The Bertz CT molecular complexity index is 146. The van der Waals surface area contributed by atoms with Crippen LogP contribution in [0.5, 0.6) is 0 Å². The maximum atomic E-state index is 9.31. The fourth-order valence-electron chi connectivity index (χ4n) is 1.68. The summed E-state index contributed by atoms with van der Waals surface area (Å²) >= 11 is 0. The predicted molar refractivity (Wildman–Crippen MR) is 34.5 cm³/mol. The molecule has 0 bridgehead atoms. The number of rotatable bonds is 0. The molecule has 0 amide bonds. The van der Waals surface area contributed by atoms with Crippen LogP contribution < -0.4 is 0 Å². The SMILES string of the molecule is C[C@H]1C[C@H]2O[C@H]2[C@H](O)[C@@H]1O. The van der Waals surface area contributed by atoms with Crippen LogP contribution >= 0.6 is 0 Å². The Balaban J connectivity index is 2.07. The van der Waals surface area contributed by atoms with E-state index < -0.39 is 12.2 Å². The molecule has 2 rings (SSSR count). The molecule has 3 nitrogen and oxygen atoms in total. The van der Waals surface area contributed by atoms with Gasteiger partial charge in [-0.3, -0.25) is 0 Å². The van der Waals surface area contributed by atoms with Gasteiger partial charge >= 0.3 is 0 Å². The van der Waals surface area contributed by atoms with E-state index in [1.54, 1.807) is 0 Å². The molecule has 0 aromatic heterocycles. The van der Waals surface area contributed by atoms with Crippen LogP contribution in [0.3, 0.4) is 0 Å². The van der Waals surface area contributed by atoms with Gasteiger partial charge in [-0.15, -0.1) is 0 Å². The first-order valence-electron chi connectivity index (χ1n) is 3.71. The van der Waals surface area contributed by atoms with E-state index in [1.165, 1.54) is 0 Å². The zero-order chi connectivity index (χ0) is 7.30. The first-order chi connectivity index (χ1) is 4.70. The molecule has 0 unspecified atom stereocenters. The smallest absolute Gasteiger partial charge is 0.113 e. The van der Waals surface area contributed by atoms with Crippen molar-refractivity contribution >= 4 is 0 Å². The van der Waals surface area contributed by atoms with E-state index in [2.05, 4.69) is 0 Å². The van der Waals surface area contributed by atoms with Crippen molar-refractivity contribution in [1.82, 2.24) is 0 Å². The number of fused-ring (bicyclic) bond motifs is 1. The van der Waals surface area contributed by atoms with E-state index in [4.69, 9.17) is 4.74 Å². The molecule has 3 heteroatoms. The van der Waals surface area contributed by atoms with Crippen LogP contribution in [0.4, 0.5) is 0 Å². The van der Waals surface area contributed by atoms with Crippen molar-refractivity contribution in [1.29, 1.82) is 0 Å². The molecule has 0 radical (unpaired) electrons. The molecule has 1 aliphatic heterocycles. The number of hydrogen-bond donors (Lipinski definition) is 2. The number of ether oxygens (including phenoxy) is 1. The lowest BCUT2D eigenvalue weighted by Crippen LogP contribution is -2.41. The summed E-state index contributed by atoms with van der Waals surface area (Å²) in [4.78, 5) is 0. The van der Waals surface area contributed by atoms with E-state index in [1.807, 2.05) is 6.92 Å². The maximum absolute atomic E-state index is 9.31. The minimum absolute atomic E-state index is 0.0637. The lowest BCUT2D eigenvalue weighted by atomic mass is 9.86. The molecule has 1 aliphatic carbocycles. The van der Waals surface area contributed by atoms with Crippen molar-refractivity contribution < 1.29 is 14.9 Å². The van der Waals surface area contributed by atoms with Gasteiger partial charge in [0.2, 0.25) is 0 Å². The Morgan fingerprint density at radius 2 is 2.00 bits per heavy atom. The van der Waals surface area contributed by atoms with Crippen LogP contribution in [0.1, 0.15) is 13.3 Å². The van der Waals surface area contributed by atoms with E-state index in [9.17, 15) is 10.2 Å². The Morgan fingerprint density at radius 1 is 1.30 bits per heavy atom. The van der Waals surface area contributed by atoms with Crippen molar-refractivity contribution in [3.05, 3.63) is 0 Å². The Hall–Kier alpha value is -0.120. The normalized spacial score (nSPS) is 59.7. The summed E-state index contributed by atoms with van der Waals surface area (Å²) in [6.45, 7) is 1.94. The van der Waals surface area contributed by atoms with Gasteiger partial charge in [0.05, 0.1) is 12.2 Å². The highest BCUT2D eigenvalue weighted by atomic mass is 16.6. The average molecular weight is 144 g/mol. The fraction of sp³-hybridized carbons (Fsp3) is 1.00. The summed E-state index contributed by atoms with van der Waals surface area (Å²) in [5.41, 5.74) is 0. The van der Waals surface area contributed by atoms with Crippen LogP contribution in [0.25, 0.3) is 0 Å². The first kappa shape index (κ1) is 6.58. The Labute approximate surface area is 59.6 Å². The number of epoxide rings is 1. The molecule has 1 saturated heterocycles. The molecule has 58 valence electrons. The van der Waals surface area contributed by atoms with Crippen LogP contribution in [-0.2, 0) is 4.74 Å². The van der Waals surface area contributed by atoms with Crippen molar-refractivity contribution in [3.8, 4) is 0 Å². The standard InChI is InChI=1S/C7H12O3/c1-3-2-4-7(10-4)6(9)5(3)8/h3-9H,2H2,1H3/t3-,4+,5+,6+,7+/m0/s1. The van der Waals surface area contributed by atoms with Gasteiger partial charge in [0, 0.05) is 0 Å². The molecule has 2 fully saturated rings. The topological polar surface area (TPSA) is 53.0 Å². The van der Waals surface area contributed by atoms with Gasteiger partial charge in [-0.2, -0.15) is 0 Å². The average Bonchev–Trinajstić information content (AvgIpc) is 2.62. The zero-order valence-corrected chi connectivity index (χ0v) is 5.90. The van der Waals surface area contributed by atoms with Crippen molar-refractivity contribution in [3.63, 3.8) is 0 Å². The second-order valence-corrected chi connectivity index (χ2v) is 3.33. The Morgan fingerprint density at radius 3 is 2.70 bits per heavy atom. The molecule has 2 aliphatic rings. The molecule has 1 heterocycles. The largest absolute Gasteiger partial charge is 0.390 e. The van der Waals surface area contributed by atoms with Gasteiger partial charge in [-0.05, 0) is 12.3 Å². The van der Waals surface area contributed by atoms with Gasteiger partial charge in [-0.1, -0.05) is 6.92 Å². The predicted octanol–water partition coefficient (Wildman–Crippen LogP) is -0.485. The highest BCUT2D eigenvalue weighted by molar-refractivity contribution is 5.01. The quantitative estimate of drug-likeness (QED) is 0.451. The van der Waals surface area contributed by atoms with Crippen molar-refractivity contribution in [2.24, 2.45) is 5.92 Å². The molecular weight excluding hydrogens is 132 g/mol. The van der Waals surface area contributed by atoms with Gasteiger partial charge < -0.3 is 14.9 Å². The van der Waals surface area contributed by atoms with Gasteiger partial charge in [0.25, 0.3) is 0 Å². The molecule has 1 saturated carbocycles. The third-order valence-electron chi connectivity index (χ3n) is 2.50. The summed E-state index contributed by atoms with van der Waals surface area (Å²) < 4.78 is 5.12. The molecule has 0 aromatic rings. The summed E-state index contributed by atoms with van der Waals surface area (Å²) in [5, 5.41) is 18.6.